The second-order valence-electron chi connectivity index (χ2n) is 7.51. The molecule has 0 unspecified atom stereocenters. The van der Waals surface area contributed by atoms with Crippen molar-refractivity contribution in [1.29, 1.82) is 0 Å². The Bertz CT molecular complexity index is 809. The number of amides is 2. The minimum absolute atomic E-state index is 0.0444. The van der Waals surface area contributed by atoms with E-state index in [0.717, 1.165) is 38.8 Å². The van der Waals surface area contributed by atoms with E-state index in [1.165, 1.54) is 11.1 Å². The Balaban J connectivity index is 1.52. The van der Waals surface area contributed by atoms with E-state index in [1.54, 1.807) is 24.3 Å². The number of carbonyl (C=O) groups excluding carboxylic acids is 2. The fraction of sp³-hybridized carbons (Fsp3) is 0.391. The van der Waals surface area contributed by atoms with Crippen molar-refractivity contribution in [1.82, 2.24) is 4.90 Å². The Labute approximate surface area is 166 Å². The summed E-state index contributed by atoms with van der Waals surface area (Å²) in [5, 5.41) is 0. The number of nitrogens with zero attached hydrogens (tertiary/aromatic N) is 1. The van der Waals surface area contributed by atoms with Crippen molar-refractivity contribution in [3.63, 3.8) is 0 Å². The van der Waals surface area contributed by atoms with Crippen LogP contribution in [-0.2, 0) is 11.2 Å². The molecule has 2 amide bonds. The van der Waals surface area contributed by atoms with Crippen molar-refractivity contribution < 1.29 is 14.3 Å². The number of primary amides is 1. The number of carbonyl (C=O) groups is 2. The Morgan fingerprint density at radius 3 is 2.43 bits per heavy atom. The largest absolute Gasteiger partial charge is 0.483 e. The van der Waals surface area contributed by atoms with Gasteiger partial charge in [-0.1, -0.05) is 42.0 Å². The van der Waals surface area contributed by atoms with E-state index in [9.17, 15) is 9.59 Å². The molecule has 1 heterocycles. The number of hydrogen-bond acceptors (Lipinski definition) is 3. The lowest BCUT2D eigenvalue weighted by Crippen LogP contribution is -2.38. The Hall–Kier alpha value is -2.82. The molecule has 1 fully saturated rings. The van der Waals surface area contributed by atoms with E-state index in [-0.39, 0.29) is 12.5 Å². The summed E-state index contributed by atoms with van der Waals surface area (Å²) in [6, 6.07) is 15.8. The lowest BCUT2D eigenvalue weighted by atomic mass is 9.90. The van der Waals surface area contributed by atoms with E-state index in [4.69, 9.17) is 10.5 Å². The van der Waals surface area contributed by atoms with Gasteiger partial charge in [0.2, 0.25) is 0 Å². The molecule has 2 aromatic carbocycles. The maximum Gasteiger partial charge on any atom is 0.257 e. The van der Waals surface area contributed by atoms with Crippen LogP contribution in [-0.4, -0.2) is 36.4 Å². The van der Waals surface area contributed by atoms with Crippen molar-refractivity contribution in [2.75, 3.05) is 19.7 Å². The van der Waals surface area contributed by atoms with Crippen molar-refractivity contribution in [3.8, 4) is 5.75 Å². The normalized spacial score (nSPS) is 14.7. The van der Waals surface area contributed by atoms with Crippen LogP contribution in [0.1, 0.15) is 40.7 Å². The molecule has 5 nitrogen and oxygen atoms in total. The second-order valence-corrected chi connectivity index (χ2v) is 7.51. The summed E-state index contributed by atoms with van der Waals surface area (Å²) in [4.78, 5) is 25.8. The molecule has 148 valence electrons. The minimum Gasteiger partial charge on any atom is -0.483 e. The summed E-state index contributed by atoms with van der Waals surface area (Å²) in [6.07, 6.45) is 4.27. The molecule has 0 saturated carbocycles. The SMILES string of the molecule is Cc1ccc(CCC2CCN(C(=O)c3ccccc3OCC(N)=O)CC2)cc1. The lowest BCUT2D eigenvalue weighted by molar-refractivity contribution is -0.119. The van der Waals surface area contributed by atoms with E-state index in [0.29, 0.717) is 17.2 Å². The number of nitrogens with two attached hydrogens (primary N) is 1. The maximum atomic E-state index is 12.9. The van der Waals surface area contributed by atoms with Gasteiger partial charge in [0.15, 0.2) is 6.61 Å². The molecule has 0 aromatic heterocycles. The highest BCUT2D eigenvalue weighted by Gasteiger charge is 2.25. The molecule has 0 aliphatic carbocycles. The number of para-hydroxylation sites is 1. The molecule has 2 aromatic rings. The number of aryl methyl sites for hydroxylation is 2. The first-order chi connectivity index (χ1) is 13.5. The van der Waals surface area contributed by atoms with Gasteiger partial charge in [-0.2, -0.15) is 0 Å². The van der Waals surface area contributed by atoms with Crippen molar-refractivity contribution in [2.45, 2.75) is 32.6 Å². The zero-order valence-corrected chi connectivity index (χ0v) is 16.4. The predicted octanol–water partition coefficient (Wildman–Crippen LogP) is 3.34. The van der Waals surface area contributed by atoms with Crippen LogP contribution in [0.3, 0.4) is 0 Å². The molecule has 28 heavy (non-hydrogen) atoms. The third-order valence-corrected chi connectivity index (χ3v) is 5.35. The molecule has 1 saturated heterocycles. The van der Waals surface area contributed by atoms with E-state index in [2.05, 4.69) is 31.2 Å². The Morgan fingerprint density at radius 1 is 1.07 bits per heavy atom. The zero-order valence-electron chi connectivity index (χ0n) is 16.4. The molecule has 1 aliphatic rings. The van der Waals surface area contributed by atoms with Crippen molar-refractivity contribution in [2.24, 2.45) is 11.7 Å². The van der Waals surface area contributed by atoms with Crippen LogP contribution in [0.15, 0.2) is 48.5 Å². The zero-order chi connectivity index (χ0) is 19.9. The van der Waals surface area contributed by atoms with Crippen molar-refractivity contribution >= 4 is 11.8 Å². The van der Waals surface area contributed by atoms with E-state index in [1.807, 2.05) is 4.90 Å². The average molecular weight is 380 g/mol. The smallest absolute Gasteiger partial charge is 0.257 e. The molecular weight excluding hydrogens is 352 g/mol. The maximum absolute atomic E-state index is 12.9. The quantitative estimate of drug-likeness (QED) is 0.801. The molecule has 3 rings (SSSR count). The second kappa shape index (κ2) is 9.40. The fourth-order valence-electron chi connectivity index (χ4n) is 3.64. The topological polar surface area (TPSA) is 72.6 Å². The monoisotopic (exact) mass is 380 g/mol. The van der Waals surface area contributed by atoms with Gasteiger partial charge in [0.1, 0.15) is 5.75 Å². The van der Waals surface area contributed by atoms with Gasteiger partial charge in [-0.05, 0) is 56.2 Å². The van der Waals surface area contributed by atoms with Crippen LogP contribution in [0.4, 0.5) is 0 Å². The summed E-state index contributed by atoms with van der Waals surface area (Å²) in [5.74, 6) is 0.452. The van der Waals surface area contributed by atoms with Gasteiger partial charge in [-0.15, -0.1) is 0 Å². The van der Waals surface area contributed by atoms with Crippen LogP contribution >= 0.6 is 0 Å². The van der Waals surface area contributed by atoms with Gasteiger partial charge in [0, 0.05) is 13.1 Å². The molecule has 0 radical (unpaired) electrons. The van der Waals surface area contributed by atoms with Crippen LogP contribution in [0, 0.1) is 12.8 Å². The highest BCUT2D eigenvalue weighted by Crippen LogP contribution is 2.26. The lowest BCUT2D eigenvalue weighted by Gasteiger charge is -2.32. The van der Waals surface area contributed by atoms with Gasteiger partial charge in [-0.3, -0.25) is 9.59 Å². The molecule has 2 N–H and O–H groups in total. The third kappa shape index (κ3) is 5.35. The van der Waals surface area contributed by atoms with Crippen LogP contribution in [0.5, 0.6) is 5.75 Å². The van der Waals surface area contributed by atoms with Crippen LogP contribution in [0.2, 0.25) is 0 Å². The van der Waals surface area contributed by atoms with Gasteiger partial charge in [0.25, 0.3) is 11.8 Å². The summed E-state index contributed by atoms with van der Waals surface area (Å²) in [7, 11) is 0. The van der Waals surface area contributed by atoms with E-state index >= 15 is 0 Å². The molecular formula is C23H28N2O3. The first kappa shape index (κ1) is 19.9. The minimum atomic E-state index is -0.559. The summed E-state index contributed by atoms with van der Waals surface area (Å²) >= 11 is 0. The van der Waals surface area contributed by atoms with Crippen molar-refractivity contribution in [3.05, 3.63) is 65.2 Å². The summed E-state index contributed by atoms with van der Waals surface area (Å²) in [5.41, 5.74) is 8.30. The average Bonchev–Trinajstić information content (AvgIpc) is 2.72. The molecule has 0 spiro atoms. The number of benzene rings is 2. The van der Waals surface area contributed by atoms with Gasteiger partial charge < -0.3 is 15.4 Å². The molecule has 1 aliphatic heterocycles. The number of rotatable bonds is 7. The van der Waals surface area contributed by atoms with Gasteiger partial charge >= 0.3 is 0 Å². The number of hydrogen-bond donors (Lipinski definition) is 1. The molecule has 0 bridgehead atoms. The number of piperidine rings is 1. The summed E-state index contributed by atoms with van der Waals surface area (Å²) in [6.45, 7) is 3.38. The van der Waals surface area contributed by atoms with Gasteiger partial charge in [0.05, 0.1) is 5.56 Å². The standard InChI is InChI=1S/C23H28N2O3/c1-17-6-8-18(9-7-17)10-11-19-12-14-25(15-13-19)23(27)20-4-2-3-5-21(20)28-16-22(24)26/h2-9,19H,10-16H2,1H3,(H2,24,26). The van der Waals surface area contributed by atoms with E-state index < -0.39 is 5.91 Å². The van der Waals surface area contributed by atoms with Crippen LogP contribution in [0.25, 0.3) is 0 Å². The first-order valence-electron chi connectivity index (χ1n) is 9.88. The summed E-state index contributed by atoms with van der Waals surface area (Å²) < 4.78 is 5.41. The highest BCUT2D eigenvalue weighted by atomic mass is 16.5. The first-order valence-corrected chi connectivity index (χ1v) is 9.88. The fourth-order valence-corrected chi connectivity index (χ4v) is 3.64. The highest BCUT2D eigenvalue weighted by molar-refractivity contribution is 5.97. The third-order valence-electron chi connectivity index (χ3n) is 5.35. The predicted molar refractivity (Wildman–Crippen MR) is 109 cm³/mol. The van der Waals surface area contributed by atoms with Gasteiger partial charge in [-0.25, -0.2) is 0 Å². The Kier molecular flexibility index (Phi) is 6.69. The Morgan fingerprint density at radius 2 is 1.75 bits per heavy atom. The molecule has 5 heteroatoms. The van der Waals surface area contributed by atoms with Crippen LogP contribution < -0.4 is 10.5 Å². The number of likely N-dealkylation sites (tertiary alicyclic amines) is 1. The molecule has 0 atom stereocenters. The number of ether oxygens (including phenoxy) is 1.